The normalized spacial score (nSPS) is 14.6. The van der Waals surface area contributed by atoms with Crippen LogP contribution < -0.4 is 5.32 Å². The van der Waals surface area contributed by atoms with E-state index in [4.69, 9.17) is 9.72 Å². The minimum Gasteiger partial charge on any atom is -0.463 e. The third-order valence-electron chi connectivity index (χ3n) is 7.86. The number of imidazole rings is 1. The van der Waals surface area contributed by atoms with Gasteiger partial charge < -0.3 is 14.6 Å². The highest BCUT2D eigenvalue weighted by atomic mass is 19.4. The highest BCUT2D eigenvalue weighted by Crippen LogP contribution is 2.33. The van der Waals surface area contributed by atoms with Gasteiger partial charge in [0.25, 0.3) is 0 Å². The van der Waals surface area contributed by atoms with Gasteiger partial charge in [-0.15, -0.1) is 0 Å². The van der Waals surface area contributed by atoms with Gasteiger partial charge in [-0.05, 0) is 60.1 Å². The predicted octanol–water partition coefficient (Wildman–Crippen LogP) is 6.86. The number of alkyl halides is 3. The van der Waals surface area contributed by atoms with Crippen LogP contribution in [0.15, 0.2) is 42.6 Å². The van der Waals surface area contributed by atoms with Gasteiger partial charge in [-0.25, -0.2) is 19.7 Å². The van der Waals surface area contributed by atoms with Crippen LogP contribution in [0.4, 0.5) is 19.0 Å². The average molecular weight is 567 g/mol. The summed E-state index contributed by atoms with van der Waals surface area (Å²) in [6.45, 7) is 5.07. The monoisotopic (exact) mass is 566 g/mol. The largest absolute Gasteiger partial charge is 0.463 e. The molecular formula is C30H33F3N6O2. The number of ether oxygens (including phenoxy) is 1. The SMILES string of the molecule is CC[C@@H](C)c1ccnc(-c2nc3nc(C(=O)OC)nc(NCCC4CCC4)c3n2Cc2ccc(C(F)(F)F)cc2)c1. The molecule has 11 heteroatoms. The molecule has 1 aliphatic rings. The lowest BCUT2D eigenvalue weighted by Gasteiger charge is -2.25. The van der Waals surface area contributed by atoms with Crippen molar-refractivity contribution in [2.75, 3.05) is 19.0 Å². The Bertz CT molecular complexity index is 1530. The molecule has 0 spiro atoms. The van der Waals surface area contributed by atoms with Crippen molar-refractivity contribution in [2.24, 2.45) is 5.92 Å². The molecule has 216 valence electrons. The molecular weight excluding hydrogens is 533 g/mol. The number of hydrogen-bond donors (Lipinski definition) is 1. The second-order valence-corrected chi connectivity index (χ2v) is 10.6. The number of methoxy groups -OCH3 is 1. The van der Waals surface area contributed by atoms with Crippen molar-refractivity contribution in [3.05, 3.63) is 65.1 Å². The fraction of sp³-hybridized carbons (Fsp3) is 0.433. The van der Waals surface area contributed by atoms with Crippen molar-refractivity contribution in [2.45, 2.75) is 64.6 Å². The van der Waals surface area contributed by atoms with Gasteiger partial charge in [0.2, 0.25) is 5.82 Å². The number of carbonyl (C=O) groups excluding carboxylic acids is 1. The topological polar surface area (TPSA) is 94.8 Å². The van der Waals surface area contributed by atoms with Gasteiger partial charge in [-0.3, -0.25) is 4.98 Å². The van der Waals surface area contributed by atoms with Crippen LogP contribution in [-0.2, 0) is 17.5 Å². The van der Waals surface area contributed by atoms with E-state index in [2.05, 4.69) is 34.1 Å². The van der Waals surface area contributed by atoms with E-state index in [0.717, 1.165) is 30.5 Å². The first-order valence-corrected chi connectivity index (χ1v) is 13.9. The Hall–Kier alpha value is -4.02. The maximum atomic E-state index is 13.2. The Kier molecular flexibility index (Phi) is 8.23. The summed E-state index contributed by atoms with van der Waals surface area (Å²) in [6, 6.07) is 8.98. The predicted molar refractivity (Wildman–Crippen MR) is 150 cm³/mol. The summed E-state index contributed by atoms with van der Waals surface area (Å²) >= 11 is 0. The number of benzene rings is 1. The zero-order valence-electron chi connectivity index (χ0n) is 23.3. The number of nitrogens with one attached hydrogen (secondary N) is 1. The van der Waals surface area contributed by atoms with Gasteiger partial charge in [0, 0.05) is 19.3 Å². The molecule has 3 heterocycles. The highest BCUT2D eigenvalue weighted by molar-refractivity contribution is 5.92. The Morgan fingerprint density at radius 3 is 2.54 bits per heavy atom. The average Bonchev–Trinajstić information content (AvgIpc) is 3.31. The van der Waals surface area contributed by atoms with E-state index in [1.807, 2.05) is 16.7 Å². The van der Waals surface area contributed by atoms with Crippen molar-refractivity contribution in [1.29, 1.82) is 0 Å². The van der Waals surface area contributed by atoms with Crippen molar-refractivity contribution in [3.8, 4) is 11.5 Å². The Labute approximate surface area is 236 Å². The van der Waals surface area contributed by atoms with Crippen molar-refractivity contribution in [3.63, 3.8) is 0 Å². The molecule has 0 amide bonds. The molecule has 0 saturated heterocycles. The summed E-state index contributed by atoms with van der Waals surface area (Å²) in [6.07, 6.45) is 2.82. The number of pyridine rings is 1. The minimum atomic E-state index is -4.43. The summed E-state index contributed by atoms with van der Waals surface area (Å²) in [5.41, 5.74) is 2.40. The lowest BCUT2D eigenvalue weighted by molar-refractivity contribution is -0.137. The number of carbonyl (C=O) groups is 1. The summed E-state index contributed by atoms with van der Waals surface area (Å²) in [7, 11) is 1.26. The van der Waals surface area contributed by atoms with Crippen molar-refractivity contribution in [1.82, 2.24) is 24.5 Å². The molecule has 1 atom stereocenters. The van der Waals surface area contributed by atoms with E-state index >= 15 is 0 Å². The minimum absolute atomic E-state index is 0.127. The molecule has 0 radical (unpaired) electrons. The summed E-state index contributed by atoms with van der Waals surface area (Å²) in [4.78, 5) is 30.7. The molecule has 8 nitrogen and oxygen atoms in total. The van der Waals surface area contributed by atoms with Gasteiger partial charge in [-0.1, -0.05) is 45.2 Å². The molecule has 1 fully saturated rings. The van der Waals surface area contributed by atoms with E-state index in [9.17, 15) is 18.0 Å². The van der Waals surface area contributed by atoms with Gasteiger partial charge in [0.15, 0.2) is 17.3 Å². The molecule has 3 aromatic heterocycles. The summed E-state index contributed by atoms with van der Waals surface area (Å²) in [5.74, 6) is 1.02. The van der Waals surface area contributed by atoms with Crippen LogP contribution in [0, 0.1) is 5.92 Å². The van der Waals surface area contributed by atoms with E-state index in [1.165, 1.54) is 38.5 Å². The number of rotatable bonds is 10. The van der Waals surface area contributed by atoms with Crippen molar-refractivity contribution >= 4 is 23.0 Å². The van der Waals surface area contributed by atoms with Crippen LogP contribution in [0.5, 0.6) is 0 Å². The molecule has 0 bridgehead atoms. The van der Waals surface area contributed by atoms with Crippen LogP contribution in [0.1, 0.15) is 79.2 Å². The maximum absolute atomic E-state index is 13.2. The molecule has 41 heavy (non-hydrogen) atoms. The zero-order valence-corrected chi connectivity index (χ0v) is 23.3. The fourth-order valence-corrected chi connectivity index (χ4v) is 4.96. The first kappa shape index (κ1) is 28.5. The first-order chi connectivity index (χ1) is 19.7. The molecule has 0 unspecified atom stereocenters. The molecule has 1 saturated carbocycles. The number of halogens is 3. The standard InChI is InChI=1S/C30H33F3N6O2/c1-4-18(2)21-13-15-34-23(16-21)28-38-26-24(39(28)17-20-8-10-22(11-9-20)30(31,32)33)25(35-14-12-19-6-5-7-19)36-27(37-26)29(40)41-3/h8-11,13,15-16,18-19H,4-7,12,14,17H2,1-3H3,(H,35,36,37)/t18-/m1/s1. The smallest absolute Gasteiger partial charge is 0.416 e. The number of nitrogens with zero attached hydrogens (tertiary/aromatic N) is 5. The molecule has 1 aliphatic carbocycles. The number of hydrogen-bond acceptors (Lipinski definition) is 7. The van der Waals surface area contributed by atoms with Crippen LogP contribution in [-0.4, -0.2) is 44.1 Å². The quantitative estimate of drug-likeness (QED) is 0.210. The number of esters is 1. The third kappa shape index (κ3) is 6.18. The van der Waals surface area contributed by atoms with E-state index in [-0.39, 0.29) is 18.0 Å². The molecule has 1 N–H and O–H groups in total. The molecule has 4 aromatic rings. The summed E-state index contributed by atoms with van der Waals surface area (Å²) < 4.78 is 46.4. The maximum Gasteiger partial charge on any atom is 0.416 e. The second-order valence-electron chi connectivity index (χ2n) is 10.6. The van der Waals surface area contributed by atoms with Crippen LogP contribution in [0.25, 0.3) is 22.7 Å². The highest BCUT2D eigenvalue weighted by Gasteiger charge is 2.30. The Morgan fingerprint density at radius 1 is 1.15 bits per heavy atom. The molecule has 1 aromatic carbocycles. The lowest BCUT2D eigenvalue weighted by atomic mass is 9.83. The van der Waals surface area contributed by atoms with E-state index in [0.29, 0.717) is 46.8 Å². The van der Waals surface area contributed by atoms with Crippen molar-refractivity contribution < 1.29 is 22.7 Å². The van der Waals surface area contributed by atoms with Gasteiger partial charge in [0.05, 0.1) is 12.7 Å². The first-order valence-electron chi connectivity index (χ1n) is 13.9. The Morgan fingerprint density at radius 2 is 1.90 bits per heavy atom. The summed E-state index contributed by atoms with van der Waals surface area (Å²) in [5, 5.41) is 3.38. The van der Waals surface area contributed by atoms with Crippen LogP contribution in [0.3, 0.4) is 0 Å². The number of aromatic nitrogens is 5. The van der Waals surface area contributed by atoms with E-state index < -0.39 is 17.7 Å². The Balaban J connectivity index is 1.65. The van der Waals surface area contributed by atoms with Crippen LogP contribution in [0.2, 0.25) is 0 Å². The second kappa shape index (κ2) is 11.8. The fourth-order valence-electron chi connectivity index (χ4n) is 4.96. The number of anilines is 1. The third-order valence-corrected chi connectivity index (χ3v) is 7.86. The zero-order chi connectivity index (χ0) is 29.1. The van der Waals surface area contributed by atoms with Gasteiger partial charge in [0.1, 0.15) is 11.2 Å². The van der Waals surface area contributed by atoms with Crippen LogP contribution >= 0.6 is 0 Å². The van der Waals surface area contributed by atoms with Gasteiger partial charge >= 0.3 is 12.1 Å². The van der Waals surface area contributed by atoms with Gasteiger partial charge in [-0.2, -0.15) is 13.2 Å². The van der Waals surface area contributed by atoms with E-state index in [1.54, 1.807) is 6.20 Å². The number of fused-ring (bicyclic) bond motifs is 1. The molecule has 0 aliphatic heterocycles. The lowest BCUT2D eigenvalue weighted by Crippen LogP contribution is -2.18. The molecule has 5 rings (SSSR count).